The van der Waals surface area contributed by atoms with E-state index in [0.29, 0.717) is 12.8 Å². The van der Waals surface area contributed by atoms with E-state index in [0.717, 1.165) is 28.3 Å². The number of fused-ring (bicyclic) bond motifs is 1. The molecule has 118 valence electrons. The number of benzene rings is 1. The molecule has 4 nitrogen and oxygen atoms in total. The van der Waals surface area contributed by atoms with E-state index in [1.807, 2.05) is 57.3 Å². The van der Waals surface area contributed by atoms with E-state index in [2.05, 4.69) is 20.8 Å². The highest BCUT2D eigenvalue weighted by Gasteiger charge is 2.11. The fourth-order valence-electron chi connectivity index (χ4n) is 2.86. The van der Waals surface area contributed by atoms with Crippen LogP contribution in [0.5, 0.6) is 0 Å². The zero-order valence-electron chi connectivity index (χ0n) is 13.8. The average Bonchev–Trinajstić information content (AvgIpc) is 2.83. The van der Waals surface area contributed by atoms with Crippen LogP contribution in [0.2, 0.25) is 0 Å². The topological polar surface area (TPSA) is 46.4 Å². The lowest BCUT2D eigenvalue weighted by Gasteiger charge is -2.09. The van der Waals surface area contributed by atoms with Gasteiger partial charge in [-0.2, -0.15) is 0 Å². The number of imidazole rings is 1. The summed E-state index contributed by atoms with van der Waals surface area (Å²) in [5.41, 5.74) is 6.17. The number of hydrogen-bond acceptors (Lipinski definition) is 2. The highest BCUT2D eigenvalue weighted by Crippen LogP contribution is 2.17. The first-order chi connectivity index (χ1) is 11.0. The number of carbonyl (C=O) groups is 1. The van der Waals surface area contributed by atoms with Gasteiger partial charge in [-0.25, -0.2) is 4.98 Å². The van der Waals surface area contributed by atoms with Crippen molar-refractivity contribution in [3.8, 4) is 0 Å². The lowest BCUT2D eigenvalue weighted by molar-refractivity contribution is -0.116. The predicted octanol–water partition coefficient (Wildman–Crippen LogP) is 3.83. The normalized spacial score (nSPS) is 10.9. The van der Waals surface area contributed by atoms with Gasteiger partial charge in [0.15, 0.2) is 0 Å². The van der Waals surface area contributed by atoms with Gasteiger partial charge in [-0.15, -0.1) is 0 Å². The third kappa shape index (κ3) is 3.26. The van der Waals surface area contributed by atoms with Gasteiger partial charge in [0.2, 0.25) is 5.91 Å². The second-order valence-corrected chi connectivity index (χ2v) is 5.94. The molecule has 0 saturated heterocycles. The first kappa shape index (κ1) is 15.3. The Hall–Kier alpha value is -2.62. The van der Waals surface area contributed by atoms with Crippen molar-refractivity contribution in [1.29, 1.82) is 0 Å². The molecular weight excluding hydrogens is 286 g/mol. The van der Waals surface area contributed by atoms with Crippen LogP contribution in [0.25, 0.3) is 5.65 Å². The number of anilines is 1. The van der Waals surface area contributed by atoms with Gasteiger partial charge in [0.25, 0.3) is 0 Å². The Bertz CT molecular complexity index is 864. The number of nitrogens with zero attached hydrogens (tertiary/aromatic N) is 2. The Morgan fingerprint density at radius 3 is 2.78 bits per heavy atom. The molecule has 1 amide bonds. The summed E-state index contributed by atoms with van der Waals surface area (Å²) in [5.74, 6) is 0.0298. The van der Waals surface area contributed by atoms with Gasteiger partial charge in [0, 0.05) is 24.0 Å². The minimum Gasteiger partial charge on any atom is -0.326 e. The Morgan fingerprint density at radius 1 is 1.17 bits per heavy atom. The molecule has 0 bridgehead atoms. The highest BCUT2D eigenvalue weighted by atomic mass is 16.1. The first-order valence-electron chi connectivity index (χ1n) is 7.84. The molecular formula is C19H21N3O. The lowest BCUT2D eigenvalue weighted by atomic mass is 10.1. The van der Waals surface area contributed by atoms with Crippen LogP contribution in [0.15, 0.2) is 42.6 Å². The number of amides is 1. The van der Waals surface area contributed by atoms with Crippen molar-refractivity contribution in [2.75, 3.05) is 5.32 Å². The minimum absolute atomic E-state index is 0.0298. The second kappa shape index (κ2) is 6.24. The van der Waals surface area contributed by atoms with Gasteiger partial charge in [0.05, 0.1) is 5.69 Å². The van der Waals surface area contributed by atoms with E-state index in [9.17, 15) is 4.79 Å². The van der Waals surface area contributed by atoms with Gasteiger partial charge >= 0.3 is 0 Å². The van der Waals surface area contributed by atoms with Crippen molar-refractivity contribution in [2.24, 2.45) is 0 Å². The summed E-state index contributed by atoms with van der Waals surface area (Å²) in [6.45, 7) is 6.05. The van der Waals surface area contributed by atoms with Crippen molar-refractivity contribution >= 4 is 17.2 Å². The summed E-state index contributed by atoms with van der Waals surface area (Å²) >= 11 is 0. The van der Waals surface area contributed by atoms with Gasteiger partial charge in [-0.3, -0.25) is 4.79 Å². The number of rotatable bonds is 4. The minimum atomic E-state index is 0.0298. The molecule has 0 saturated carbocycles. The van der Waals surface area contributed by atoms with Crippen molar-refractivity contribution in [2.45, 2.75) is 33.6 Å². The summed E-state index contributed by atoms with van der Waals surface area (Å²) < 4.78 is 2.06. The molecule has 0 aliphatic heterocycles. The molecule has 0 atom stereocenters. The van der Waals surface area contributed by atoms with Crippen LogP contribution in [0.1, 0.15) is 28.9 Å². The SMILES string of the molecule is Cc1ccc(NC(=O)CCc2c(C)nc3ccccn23)c(C)c1. The lowest BCUT2D eigenvalue weighted by Crippen LogP contribution is -2.14. The van der Waals surface area contributed by atoms with Gasteiger partial charge in [0.1, 0.15) is 5.65 Å². The monoisotopic (exact) mass is 307 g/mol. The molecule has 4 heteroatoms. The summed E-state index contributed by atoms with van der Waals surface area (Å²) in [5, 5.41) is 3.00. The largest absolute Gasteiger partial charge is 0.326 e. The van der Waals surface area contributed by atoms with E-state index in [4.69, 9.17) is 0 Å². The molecule has 1 N–H and O–H groups in total. The van der Waals surface area contributed by atoms with Crippen LogP contribution < -0.4 is 5.32 Å². The van der Waals surface area contributed by atoms with E-state index >= 15 is 0 Å². The van der Waals surface area contributed by atoms with Crippen LogP contribution in [-0.2, 0) is 11.2 Å². The third-order valence-corrected chi connectivity index (χ3v) is 4.07. The average molecular weight is 307 g/mol. The predicted molar refractivity (Wildman–Crippen MR) is 92.8 cm³/mol. The molecule has 0 unspecified atom stereocenters. The second-order valence-electron chi connectivity index (χ2n) is 5.94. The molecule has 2 aromatic heterocycles. The van der Waals surface area contributed by atoms with Gasteiger partial charge in [-0.05, 0) is 51.0 Å². The van der Waals surface area contributed by atoms with Crippen molar-refractivity contribution in [3.05, 3.63) is 65.1 Å². The molecule has 3 rings (SSSR count). The van der Waals surface area contributed by atoms with E-state index < -0.39 is 0 Å². The molecule has 0 aliphatic rings. The molecule has 0 fully saturated rings. The summed E-state index contributed by atoms with van der Waals surface area (Å²) in [6, 6.07) is 12.0. The molecule has 1 aromatic carbocycles. The number of hydrogen-bond donors (Lipinski definition) is 1. The van der Waals surface area contributed by atoms with E-state index in [1.165, 1.54) is 5.56 Å². The van der Waals surface area contributed by atoms with E-state index in [-0.39, 0.29) is 5.91 Å². The Morgan fingerprint density at radius 2 is 2.00 bits per heavy atom. The third-order valence-electron chi connectivity index (χ3n) is 4.07. The van der Waals surface area contributed by atoms with Crippen LogP contribution in [-0.4, -0.2) is 15.3 Å². The Kier molecular flexibility index (Phi) is 4.15. The molecule has 2 heterocycles. The van der Waals surface area contributed by atoms with E-state index in [1.54, 1.807) is 0 Å². The summed E-state index contributed by atoms with van der Waals surface area (Å²) in [7, 11) is 0. The van der Waals surface area contributed by atoms with Crippen LogP contribution in [0, 0.1) is 20.8 Å². The zero-order chi connectivity index (χ0) is 16.4. The first-order valence-corrected chi connectivity index (χ1v) is 7.84. The molecule has 0 radical (unpaired) electrons. The van der Waals surface area contributed by atoms with Crippen LogP contribution in [0.3, 0.4) is 0 Å². The van der Waals surface area contributed by atoms with Crippen molar-refractivity contribution in [1.82, 2.24) is 9.38 Å². The Labute approximate surface area is 136 Å². The fourth-order valence-corrected chi connectivity index (χ4v) is 2.86. The highest BCUT2D eigenvalue weighted by molar-refractivity contribution is 5.91. The van der Waals surface area contributed by atoms with Crippen LogP contribution >= 0.6 is 0 Å². The zero-order valence-corrected chi connectivity index (χ0v) is 13.8. The quantitative estimate of drug-likeness (QED) is 0.796. The maximum atomic E-state index is 12.3. The van der Waals surface area contributed by atoms with Crippen LogP contribution in [0.4, 0.5) is 5.69 Å². The van der Waals surface area contributed by atoms with Crippen molar-refractivity contribution < 1.29 is 4.79 Å². The maximum Gasteiger partial charge on any atom is 0.224 e. The number of pyridine rings is 1. The number of carbonyl (C=O) groups excluding carboxylic acids is 1. The molecule has 0 spiro atoms. The fraction of sp³-hybridized carbons (Fsp3) is 0.263. The smallest absolute Gasteiger partial charge is 0.224 e. The summed E-state index contributed by atoms with van der Waals surface area (Å²) in [4.78, 5) is 16.8. The van der Waals surface area contributed by atoms with Gasteiger partial charge in [-0.1, -0.05) is 23.8 Å². The molecule has 23 heavy (non-hydrogen) atoms. The van der Waals surface area contributed by atoms with Crippen molar-refractivity contribution in [3.63, 3.8) is 0 Å². The number of aryl methyl sites for hydroxylation is 4. The van der Waals surface area contributed by atoms with Gasteiger partial charge < -0.3 is 9.72 Å². The molecule has 0 aliphatic carbocycles. The standard InChI is InChI=1S/C19H21N3O/c1-13-7-8-16(14(2)12-13)21-19(23)10-9-17-15(3)20-18-6-4-5-11-22(17)18/h4-8,11-12H,9-10H2,1-3H3,(H,21,23). The number of nitrogens with one attached hydrogen (secondary N) is 1. The summed E-state index contributed by atoms with van der Waals surface area (Å²) in [6.07, 6.45) is 3.11. The maximum absolute atomic E-state index is 12.3. The molecule has 3 aromatic rings. The Balaban J connectivity index is 1.70. The number of aromatic nitrogens is 2.